The third-order valence-electron chi connectivity index (χ3n) is 2.85. The van der Waals surface area contributed by atoms with E-state index in [1.165, 1.54) is 32.4 Å². The van der Waals surface area contributed by atoms with Crippen LogP contribution in [0, 0.1) is 17.4 Å². The lowest BCUT2D eigenvalue weighted by atomic mass is 10.1. The molecule has 2 rings (SSSR count). The highest BCUT2D eigenvalue weighted by atomic mass is 15.2. The van der Waals surface area contributed by atoms with Crippen molar-refractivity contribution in [2.45, 2.75) is 25.3 Å². The Bertz CT molecular complexity index is 192. The molecule has 3 nitrogen and oxygen atoms in total. The average Bonchev–Trinajstić information content (AvgIpc) is 2.83. The predicted molar refractivity (Wildman–Crippen MR) is 46.3 cm³/mol. The molecule has 1 unspecified atom stereocenters. The number of nitrogens with zero attached hydrogens (tertiary/aromatic N) is 2. The van der Waals surface area contributed by atoms with Crippen LogP contribution >= 0.6 is 0 Å². The van der Waals surface area contributed by atoms with Gasteiger partial charge in [0.15, 0.2) is 6.19 Å². The van der Waals surface area contributed by atoms with Gasteiger partial charge in [-0.05, 0) is 31.7 Å². The minimum atomic E-state index is 0.713. The summed E-state index contributed by atoms with van der Waals surface area (Å²) in [6, 6.07) is 0.900. The number of hydrogen-bond donors (Lipinski definition) is 1. The molecule has 1 aliphatic carbocycles. The number of hydrogen-bond acceptors (Lipinski definition) is 3. The van der Waals surface area contributed by atoms with E-state index in [2.05, 4.69) is 10.2 Å². The van der Waals surface area contributed by atoms with Crippen molar-refractivity contribution in [3.63, 3.8) is 0 Å². The Morgan fingerprint density at radius 2 is 2.25 bits per heavy atom. The van der Waals surface area contributed by atoms with Crippen LogP contribution in [0.2, 0.25) is 0 Å². The zero-order valence-electron chi connectivity index (χ0n) is 7.29. The van der Waals surface area contributed by atoms with Crippen LogP contribution in [0.5, 0.6) is 0 Å². The van der Waals surface area contributed by atoms with Crippen LogP contribution in [-0.2, 0) is 0 Å². The van der Waals surface area contributed by atoms with Crippen molar-refractivity contribution in [2.24, 2.45) is 5.92 Å². The Labute approximate surface area is 73.3 Å². The number of rotatable bonds is 3. The minimum Gasteiger partial charge on any atom is -0.324 e. The summed E-state index contributed by atoms with van der Waals surface area (Å²) >= 11 is 0. The van der Waals surface area contributed by atoms with Gasteiger partial charge in [0.1, 0.15) is 0 Å². The van der Waals surface area contributed by atoms with Crippen molar-refractivity contribution in [1.29, 1.82) is 5.26 Å². The molecule has 2 fully saturated rings. The Morgan fingerprint density at radius 1 is 1.42 bits per heavy atom. The lowest BCUT2D eigenvalue weighted by Crippen LogP contribution is -2.25. The Hall–Kier alpha value is -0.750. The van der Waals surface area contributed by atoms with E-state index < -0.39 is 0 Å². The molecule has 1 saturated heterocycles. The maximum absolute atomic E-state index is 8.34. The van der Waals surface area contributed by atoms with E-state index in [0.29, 0.717) is 5.92 Å². The van der Waals surface area contributed by atoms with Crippen LogP contribution in [-0.4, -0.2) is 30.6 Å². The van der Waals surface area contributed by atoms with Crippen molar-refractivity contribution in [3.05, 3.63) is 0 Å². The molecule has 1 aliphatic heterocycles. The Kier molecular flexibility index (Phi) is 2.18. The van der Waals surface area contributed by atoms with Gasteiger partial charge in [0, 0.05) is 19.1 Å². The summed E-state index contributed by atoms with van der Waals surface area (Å²) in [5.74, 6) is 0.713. The van der Waals surface area contributed by atoms with Crippen LogP contribution in [0.1, 0.15) is 19.3 Å². The van der Waals surface area contributed by atoms with E-state index in [1.54, 1.807) is 0 Å². The lowest BCUT2D eigenvalue weighted by molar-refractivity contribution is 0.314. The fourth-order valence-corrected chi connectivity index (χ4v) is 1.99. The molecule has 0 amide bonds. The fourth-order valence-electron chi connectivity index (χ4n) is 1.99. The summed E-state index contributed by atoms with van der Waals surface area (Å²) < 4.78 is 0. The van der Waals surface area contributed by atoms with Gasteiger partial charge >= 0.3 is 0 Å². The largest absolute Gasteiger partial charge is 0.324 e. The summed E-state index contributed by atoms with van der Waals surface area (Å²) in [7, 11) is 0. The van der Waals surface area contributed by atoms with Crippen LogP contribution in [0.15, 0.2) is 0 Å². The second-order valence-corrected chi connectivity index (χ2v) is 3.87. The molecule has 1 N–H and O–H groups in total. The normalized spacial score (nSPS) is 30.1. The monoisotopic (exact) mass is 165 g/mol. The van der Waals surface area contributed by atoms with Gasteiger partial charge < -0.3 is 10.2 Å². The van der Waals surface area contributed by atoms with Gasteiger partial charge in [0.25, 0.3) is 0 Å². The van der Waals surface area contributed by atoms with Crippen molar-refractivity contribution >= 4 is 0 Å². The van der Waals surface area contributed by atoms with Gasteiger partial charge in [-0.25, -0.2) is 0 Å². The van der Waals surface area contributed by atoms with Crippen molar-refractivity contribution in [3.8, 4) is 6.19 Å². The highest BCUT2D eigenvalue weighted by molar-refractivity contribution is 4.90. The van der Waals surface area contributed by atoms with Gasteiger partial charge in [-0.2, -0.15) is 5.26 Å². The van der Waals surface area contributed by atoms with Gasteiger partial charge in [0.2, 0.25) is 0 Å². The van der Waals surface area contributed by atoms with Crippen molar-refractivity contribution in [2.75, 3.05) is 19.6 Å². The first-order valence-corrected chi connectivity index (χ1v) is 4.76. The number of nitriles is 1. The van der Waals surface area contributed by atoms with Crippen LogP contribution in [0.3, 0.4) is 0 Å². The van der Waals surface area contributed by atoms with E-state index in [-0.39, 0.29) is 0 Å². The van der Waals surface area contributed by atoms with Crippen molar-refractivity contribution < 1.29 is 0 Å². The zero-order chi connectivity index (χ0) is 8.39. The SMILES string of the molecule is N#CNCC1CCN(C2CC2)C1. The predicted octanol–water partition coefficient (Wildman–Crippen LogP) is 0.541. The van der Waals surface area contributed by atoms with E-state index in [9.17, 15) is 0 Å². The van der Waals surface area contributed by atoms with E-state index >= 15 is 0 Å². The molecule has 0 bridgehead atoms. The highest BCUT2D eigenvalue weighted by Gasteiger charge is 2.33. The Balaban J connectivity index is 1.71. The second-order valence-electron chi connectivity index (χ2n) is 3.87. The first kappa shape index (κ1) is 7.88. The molecule has 12 heavy (non-hydrogen) atoms. The summed E-state index contributed by atoms with van der Waals surface area (Å²) in [6.45, 7) is 3.33. The number of likely N-dealkylation sites (tertiary alicyclic amines) is 1. The molecule has 2 aliphatic rings. The third kappa shape index (κ3) is 1.70. The van der Waals surface area contributed by atoms with Gasteiger partial charge in [0.05, 0.1) is 0 Å². The Morgan fingerprint density at radius 3 is 2.92 bits per heavy atom. The highest BCUT2D eigenvalue weighted by Crippen LogP contribution is 2.31. The summed E-state index contributed by atoms with van der Waals surface area (Å²) in [6.07, 6.45) is 6.06. The molecule has 0 spiro atoms. The van der Waals surface area contributed by atoms with E-state index in [4.69, 9.17) is 5.26 Å². The standard InChI is InChI=1S/C9H15N3/c10-7-11-5-8-3-4-12(6-8)9-1-2-9/h8-9,11H,1-6H2. The van der Waals surface area contributed by atoms with Crippen LogP contribution in [0.4, 0.5) is 0 Å². The zero-order valence-corrected chi connectivity index (χ0v) is 7.29. The van der Waals surface area contributed by atoms with Crippen LogP contribution in [0.25, 0.3) is 0 Å². The molecule has 1 heterocycles. The maximum Gasteiger partial charge on any atom is 0.176 e. The molecule has 0 aromatic carbocycles. The first-order valence-electron chi connectivity index (χ1n) is 4.76. The quantitative estimate of drug-likeness (QED) is 0.490. The second kappa shape index (κ2) is 3.32. The fraction of sp³-hybridized carbons (Fsp3) is 0.889. The molecule has 0 radical (unpaired) electrons. The molecular formula is C9H15N3. The minimum absolute atomic E-state index is 0.713. The van der Waals surface area contributed by atoms with E-state index in [0.717, 1.165) is 12.6 Å². The van der Waals surface area contributed by atoms with E-state index in [1.807, 2.05) is 6.19 Å². The van der Waals surface area contributed by atoms with Crippen LogP contribution < -0.4 is 5.32 Å². The average molecular weight is 165 g/mol. The molecule has 1 saturated carbocycles. The lowest BCUT2D eigenvalue weighted by Gasteiger charge is -2.13. The molecule has 0 aromatic heterocycles. The topological polar surface area (TPSA) is 39.1 Å². The van der Waals surface area contributed by atoms with Gasteiger partial charge in [-0.3, -0.25) is 0 Å². The number of nitrogens with one attached hydrogen (secondary N) is 1. The summed E-state index contributed by atoms with van der Waals surface area (Å²) in [4.78, 5) is 2.57. The first-order chi connectivity index (χ1) is 5.90. The van der Waals surface area contributed by atoms with Crippen molar-refractivity contribution in [1.82, 2.24) is 10.2 Å². The molecule has 66 valence electrons. The summed E-state index contributed by atoms with van der Waals surface area (Å²) in [5, 5.41) is 11.1. The van der Waals surface area contributed by atoms with Gasteiger partial charge in [-0.15, -0.1) is 0 Å². The molecule has 0 aromatic rings. The smallest absolute Gasteiger partial charge is 0.176 e. The summed E-state index contributed by atoms with van der Waals surface area (Å²) in [5.41, 5.74) is 0. The maximum atomic E-state index is 8.34. The van der Waals surface area contributed by atoms with Gasteiger partial charge in [-0.1, -0.05) is 0 Å². The third-order valence-corrected chi connectivity index (χ3v) is 2.85. The molecular weight excluding hydrogens is 150 g/mol. The molecule has 1 atom stereocenters. The molecule has 3 heteroatoms.